The Kier molecular flexibility index (Phi) is 9.74. The van der Waals surface area contributed by atoms with Crippen LogP contribution in [0.5, 0.6) is 23.0 Å². The van der Waals surface area contributed by atoms with E-state index in [4.69, 9.17) is 42.3 Å². The smallest absolute Gasteiger partial charge is 0.276 e. The number of hydrogen-bond acceptors (Lipinski definition) is 8. The third kappa shape index (κ3) is 6.49. The summed E-state index contributed by atoms with van der Waals surface area (Å²) in [7, 11) is 2.86. The second-order valence-corrected chi connectivity index (χ2v) is 7.23. The van der Waals surface area contributed by atoms with Crippen molar-refractivity contribution in [1.82, 2.24) is 0 Å². The summed E-state index contributed by atoms with van der Waals surface area (Å²) < 4.78 is 22.2. The van der Waals surface area contributed by atoms with Gasteiger partial charge in [0.1, 0.15) is 28.0 Å². The topological polar surface area (TPSA) is 99.0 Å². The fraction of sp³-hybridized carbons (Fsp3) is 0.364. The Morgan fingerprint density at radius 2 is 1.64 bits per heavy atom. The van der Waals surface area contributed by atoms with Crippen molar-refractivity contribution in [3.63, 3.8) is 0 Å². The first-order valence-corrected chi connectivity index (χ1v) is 10.7. The van der Waals surface area contributed by atoms with Gasteiger partial charge in [0.05, 0.1) is 33.1 Å². The van der Waals surface area contributed by atoms with Crippen LogP contribution < -0.4 is 23.4 Å². The molecule has 0 aliphatic rings. The highest BCUT2D eigenvalue weighted by atomic mass is 35.5. The summed E-state index contributed by atoms with van der Waals surface area (Å²) in [5, 5.41) is 8.11. The molecule has 0 fully saturated rings. The van der Waals surface area contributed by atoms with E-state index < -0.39 is 17.7 Å². The maximum atomic E-state index is 13.0. The van der Waals surface area contributed by atoms with Crippen LogP contribution >= 0.6 is 23.4 Å². The van der Waals surface area contributed by atoms with Crippen molar-refractivity contribution < 1.29 is 28.5 Å². The molecule has 33 heavy (non-hydrogen) atoms. The van der Waals surface area contributed by atoms with Gasteiger partial charge in [-0.2, -0.15) is 10.2 Å². The van der Waals surface area contributed by atoms with Crippen LogP contribution in [0.4, 0.5) is 11.4 Å². The van der Waals surface area contributed by atoms with Gasteiger partial charge >= 0.3 is 0 Å². The summed E-state index contributed by atoms with van der Waals surface area (Å²) in [6.45, 7) is 5.67. The van der Waals surface area contributed by atoms with Crippen molar-refractivity contribution in [2.45, 2.75) is 26.8 Å². The molecule has 1 unspecified atom stereocenters. The highest BCUT2D eigenvalue weighted by molar-refractivity contribution is 6.39. The number of methoxy groups -OCH3 is 2. The minimum absolute atomic E-state index is 0.178. The van der Waals surface area contributed by atoms with Crippen LogP contribution in [0.15, 0.2) is 40.6 Å². The van der Waals surface area contributed by atoms with Crippen LogP contribution in [0.1, 0.15) is 20.8 Å². The molecule has 1 amide bonds. The summed E-state index contributed by atoms with van der Waals surface area (Å²) in [6.07, 6.45) is 0. The molecule has 0 radical (unpaired) electrons. The molecule has 2 aromatic rings. The molecular weight excluding hydrogens is 473 g/mol. The Labute approximate surface area is 202 Å². The Morgan fingerprint density at radius 3 is 2.12 bits per heavy atom. The van der Waals surface area contributed by atoms with Crippen molar-refractivity contribution in [3.8, 4) is 23.0 Å². The van der Waals surface area contributed by atoms with Gasteiger partial charge in [-0.05, 0) is 32.9 Å². The van der Waals surface area contributed by atoms with Crippen LogP contribution in [0.3, 0.4) is 0 Å². The van der Waals surface area contributed by atoms with Gasteiger partial charge in [0, 0.05) is 30.0 Å². The SMILES string of the molecule is CCOc1cc(OCC)cc(N(Cl)C(=O)C(N=Nc2ccc(OC)c(Cl)c2OC)C(C)=O)c1. The van der Waals surface area contributed by atoms with E-state index in [0.29, 0.717) is 30.5 Å². The number of hydrogen-bond donors (Lipinski definition) is 0. The number of halogens is 2. The number of rotatable bonds is 11. The molecule has 0 saturated carbocycles. The number of azo groups is 1. The normalized spacial score (nSPS) is 11.7. The third-order valence-electron chi connectivity index (χ3n) is 4.27. The average Bonchev–Trinajstić information content (AvgIpc) is 2.78. The molecule has 1 atom stereocenters. The Morgan fingerprint density at radius 1 is 1.03 bits per heavy atom. The van der Waals surface area contributed by atoms with Crippen molar-refractivity contribution in [3.05, 3.63) is 35.4 Å². The van der Waals surface area contributed by atoms with Gasteiger partial charge in [-0.3, -0.25) is 9.59 Å². The lowest BCUT2D eigenvalue weighted by Crippen LogP contribution is -2.36. The second-order valence-electron chi connectivity index (χ2n) is 6.51. The molecule has 0 heterocycles. The van der Waals surface area contributed by atoms with E-state index in [0.717, 1.165) is 4.42 Å². The van der Waals surface area contributed by atoms with E-state index in [9.17, 15) is 9.59 Å². The van der Waals surface area contributed by atoms with Crippen LogP contribution in [-0.2, 0) is 9.59 Å². The Hall–Kier alpha value is -3.04. The molecule has 178 valence electrons. The zero-order valence-corrected chi connectivity index (χ0v) is 20.4. The summed E-state index contributed by atoms with van der Waals surface area (Å²) in [5.74, 6) is 0.105. The molecule has 11 heteroatoms. The van der Waals surface area contributed by atoms with Crippen molar-refractivity contribution in [2.75, 3.05) is 31.9 Å². The number of anilines is 1. The third-order valence-corrected chi connectivity index (χ3v) is 4.99. The number of Topliss-reactive ketones (excluding diaryl/α,β-unsaturated/α-hetero) is 1. The minimum Gasteiger partial charge on any atom is -0.495 e. The minimum atomic E-state index is -1.50. The Bertz CT molecular complexity index is 1010. The van der Waals surface area contributed by atoms with Crippen molar-refractivity contribution >= 4 is 46.4 Å². The first-order chi connectivity index (χ1) is 15.8. The van der Waals surface area contributed by atoms with Crippen molar-refractivity contribution in [2.24, 2.45) is 10.2 Å². The zero-order chi connectivity index (χ0) is 24.5. The lowest BCUT2D eigenvalue weighted by molar-refractivity contribution is -0.126. The van der Waals surface area contributed by atoms with Gasteiger partial charge in [-0.25, -0.2) is 4.42 Å². The van der Waals surface area contributed by atoms with Gasteiger partial charge in [-0.15, -0.1) is 0 Å². The summed E-state index contributed by atoms with van der Waals surface area (Å²) in [6, 6.07) is 6.38. The molecular formula is C22H25Cl2N3O6. The van der Waals surface area contributed by atoms with E-state index in [1.54, 1.807) is 24.3 Å². The van der Waals surface area contributed by atoms with Gasteiger partial charge in [-0.1, -0.05) is 11.6 Å². The summed E-state index contributed by atoms with van der Waals surface area (Å²) >= 11 is 12.5. The zero-order valence-electron chi connectivity index (χ0n) is 18.9. The largest absolute Gasteiger partial charge is 0.495 e. The van der Waals surface area contributed by atoms with E-state index in [1.807, 2.05) is 13.8 Å². The van der Waals surface area contributed by atoms with Gasteiger partial charge < -0.3 is 18.9 Å². The number of benzene rings is 2. The molecule has 0 aliphatic carbocycles. The Balaban J connectivity index is 2.38. The molecule has 2 rings (SSSR count). The predicted molar refractivity (Wildman–Crippen MR) is 126 cm³/mol. The van der Waals surface area contributed by atoms with Crippen LogP contribution in [0, 0.1) is 0 Å². The van der Waals surface area contributed by atoms with E-state index in [1.165, 1.54) is 27.2 Å². The molecule has 0 aliphatic heterocycles. The molecule has 9 nitrogen and oxygen atoms in total. The fourth-order valence-corrected chi connectivity index (χ4v) is 3.29. The van der Waals surface area contributed by atoms with Gasteiger partial charge in [0.2, 0.25) is 6.04 Å². The van der Waals surface area contributed by atoms with Gasteiger partial charge in [0.25, 0.3) is 5.91 Å². The molecule has 0 saturated heterocycles. The molecule has 2 aromatic carbocycles. The lowest BCUT2D eigenvalue weighted by Gasteiger charge is -2.19. The molecule has 0 bridgehead atoms. The van der Waals surface area contributed by atoms with E-state index in [2.05, 4.69) is 10.2 Å². The van der Waals surface area contributed by atoms with Crippen molar-refractivity contribution in [1.29, 1.82) is 0 Å². The molecule has 0 N–H and O–H groups in total. The summed E-state index contributed by atoms with van der Waals surface area (Å²) in [5.41, 5.74) is 0.461. The predicted octanol–water partition coefficient (Wildman–Crippen LogP) is 5.38. The number of amides is 1. The highest BCUT2D eigenvalue weighted by Crippen LogP contribution is 2.41. The highest BCUT2D eigenvalue weighted by Gasteiger charge is 2.29. The average molecular weight is 498 g/mol. The first-order valence-electron chi connectivity index (χ1n) is 9.99. The van der Waals surface area contributed by atoms with Crippen LogP contribution in [0.2, 0.25) is 5.02 Å². The summed E-state index contributed by atoms with van der Waals surface area (Å²) in [4.78, 5) is 25.2. The van der Waals surface area contributed by atoms with Crippen LogP contribution in [0.25, 0.3) is 0 Å². The number of carbonyl (C=O) groups excluding carboxylic acids is 2. The number of nitrogens with zero attached hydrogens (tertiary/aromatic N) is 3. The lowest BCUT2D eigenvalue weighted by atomic mass is 10.2. The molecule has 0 spiro atoms. The van der Waals surface area contributed by atoms with Gasteiger partial charge in [0.15, 0.2) is 11.5 Å². The molecule has 0 aromatic heterocycles. The van der Waals surface area contributed by atoms with E-state index >= 15 is 0 Å². The maximum absolute atomic E-state index is 13.0. The number of carbonyl (C=O) groups is 2. The fourth-order valence-electron chi connectivity index (χ4n) is 2.79. The number of ketones is 1. The monoisotopic (exact) mass is 497 g/mol. The quantitative estimate of drug-likeness (QED) is 0.234. The van der Waals surface area contributed by atoms with Crippen LogP contribution in [-0.4, -0.2) is 45.2 Å². The standard InChI is InChI=1S/C22H25Cl2N3O6/c1-6-32-15-10-14(11-16(12-15)33-7-2)27(24)22(29)20(13(3)28)26-25-17-8-9-18(30-4)19(23)21(17)31-5/h8-12,20H,6-7H2,1-5H3. The first kappa shape index (κ1) is 26.2. The second kappa shape index (κ2) is 12.3. The number of ether oxygens (including phenoxy) is 4. The maximum Gasteiger partial charge on any atom is 0.276 e. The van der Waals surface area contributed by atoms with E-state index in [-0.39, 0.29) is 22.1 Å².